The van der Waals surface area contributed by atoms with Gasteiger partial charge in [0.2, 0.25) is 11.8 Å². The van der Waals surface area contributed by atoms with Crippen LogP contribution < -0.4 is 5.32 Å². The molecule has 0 saturated carbocycles. The quantitative estimate of drug-likeness (QED) is 0.791. The highest BCUT2D eigenvalue weighted by Gasteiger charge is 2.15. The fraction of sp³-hybridized carbons (Fsp3) is 0.353. The Morgan fingerprint density at radius 3 is 2.70 bits per heavy atom. The van der Waals surface area contributed by atoms with Crippen molar-refractivity contribution in [2.24, 2.45) is 0 Å². The molecule has 2 amide bonds. The third-order valence-corrected chi connectivity index (χ3v) is 4.27. The molecule has 0 unspecified atom stereocenters. The fourth-order valence-corrected chi connectivity index (χ4v) is 2.94. The van der Waals surface area contributed by atoms with E-state index in [0.29, 0.717) is 13.1 Å². The molecule has 1 N–H and O–H groups in total. The lowest BCUT2D eigenvalue weighted by molar-refractivity contribution is -0.133. The smallest absolute Gasteiger partial charge is 0.239 e. The number of aromatic nitrogens is 1. The van der Waals surface area contributed by atoms with Gasteiger partial charge < -0.3 is 10.2 Å². The van der Waals surface area contributed by atoms with E-state index in [1.807, 2.05) is 50.2 Å². The number of rotatable bonds is 7. The monoisotopic (exact) mass is 331 g/mol. The van der Waals surface area contributed by atoms with Crippen molar-refractivity contribution in [1.29, 1.82) is 0 Å². The lowest BCUT2D eigenvalue weighted by Crippen LogP contribution is -2.41. The van der Waals surface area contributed by atoms with Crippen molar-refractivity contribution in [1.82, 2.24) is 15.2 Å². The molecule has 23 heavy (non-hydrogen) atoms. The van der Waals surface area contributed by atoms with Crippen LogP contribution in [0.4, 0.5) is 0 Å². The Bertz CT molecular complexity index is 690. The first kappa shape index (κ1) is 17.3. The molecular weight excluding hydrogens is 310 g/mol. The minimum atomic E-state index is -0.128. The summed E-state index contributed by atoms with van der Waals surface area (Å²) in [6.07, 6.45) is 0. The standard InChI is InChI=1S/C17H21N3O2S/c1-3-18-15(21)11-20(4-2)17(22)12-23-16-10-9-13-7-5-6-8-14(13)19-16/h5-10H,3-4,11-12H2,1-2H3,(H,18,21). The highest BCUT2D eigenvalue weighted by atomic mass is 32.2. The van der Waals surface area contributed by atoms with Gasteiger partial charge in [-0.3, -0.25) is 9.59 Å². The number of fused-ring (bicyclic) bond motifs is 1. The molecule has 0 atom stereocenters. The first-order valence-electron chi connectivity index (χ1n) is 7.67. The third-order valence-electron chi connectivity index (χ3n) is 3.36. The molecule has 6 heteroatoms. The van der Waals surface area contributed by atoms with Crippen molar-refractivity contribution >= 4 is 34.5 Å². The van der Waals surface area contributed by atoms with Crippen LogP contribution in [0, 0.1) is 0 Å². The molecule has 5 nitrogen and oxygen atoms in total. The maximum atomic E-state index is 12.2. The van der Waals surface area contributed by atoms with Crippen LogP contribution in [0.15, 0.2) is 41.4 Å². The van der Waals surface area contributed by atoms with Crippen LogP contribution in [0.5, 0.6) is 0 Å². The number of hydrogen-bond donors (Lipinski definition) is 1. The topological polar surface area (TPSA) is 62.3 Å². The van der Waals surface area contributed by atoms with Gasteiger partial charge in [0.05, 0.1) is 22.8 Å². The summed E-state index contributed by atoms with van der Waals surface area (Å²) in [5, 5.41) is 4.60. The first-order valence-corrected chi connectivity index (χ1v) is 8.65. The van der Waals surface area contributed by atoms with Gasteiger partial charge in [-0.25, -0.2) is 4.98 Å². The molecule has 0 aliphatic carbocycles. The largest absolute Gasteiger partial charge is 0.355 e. The molecule has 0 aliphatic rings. The number of hydrogen-bond acceptors (Lipinski definition) is 4. The molecule has 0 bridgehead atoms. The molecule has 2 rings (SSSR count). The molecule has 1 heterocycles. The van der Waals surface area contributed by atoms with E-state index in [2.05, 4.69) is 10.3 Å². The van der Waals surface area contributed by atoms with Crippen LogP contribution in [-0.2, 0) is 9.59 Å². The number of nitrogens with zero attached hydrogens (tertiary/aromatic N) is 2. The van der Waals surface area contributed by atoms with Crippen LogP contribution in [0.25, 0.3) is 10.9 Å². The van der Waals surface area contributed by atoms with Gasteiger partial charge in [-0.1, -0.05) is 36.0 Å². The summed E-state index contributed by atoms with van der Waals surface area (Å²) in [7, 11) is 0. The van der Waals surface area contributed by atoms with E-state index in [1.54, 1.807) is 4.90 Å². The van der Waals surface area contributed by atoms with E-state index in [9.17, 15) is 9.59 Å². The average Bonchev–Trinajstić information content (AvgIpc) is 2.57. The Balaban J connectivity index is 1.94. The Morgan fingerprint density at radius 2 is 1.96 bits per heavy atom. The molecular formula is C17H21N3O2S. The summed E-state index contributed by atoms with van der Waals surface area (Å²) in [5.74, 6) is 0.0914. The Labute approximate surface area is 140 Å². The van der Waals surface area contributed by atoms with E-state index in [-0.39, 0.29) is 24.1 Å². The number of thioether (sulfide) groups is 1. The molecule has 1 aromatic heterocycles. The Morgan fingerprint density at radius 1 is 1.17 bits per heavy atom. The van der Waals surface area contributed by atoms with Crippen molar-refractivity contribution in [3.63, 3.8) is 0 Å². The van der Waals surface area contributed by atoms with Crippen LogP contribution in [-0.4, -0.2) is 47.1 Å². The molecule has 1 aromatic carbocycles. The normalized spacial score (nSPS) is 10.5. The summed E-state index contributed by atoms with van der Waals surface area (Å²) < 4.78 is 0. The van der Waals surface area contributed by atoms with Gasteiger partial charge >= 0.3 is 0 Å². The summed E-state index contributed by atoms with van der Waals surface area (Å²) in [5.41, 5.74) is 0.916. The first-order chi connectivity index (χ1) is 11.1. The highest BCUT2D eigenvalue weighted by molar-refractivity contribution is 7.99. The second-order valence-corrected chi connectivity index (χ2v) is 5.99. The summed E-state index contributed by atoms with van der Waals surface area (Å²) in [6.45, 7) is 4.92. The predicted molar refractivity (Wildman–Crippen MR) is 93.4 cm³/mol. The van der Waals surface area contributed by atoms with Crippen molar-refractivity contribution in [2.45, 2.75) is 18.9 Å². The second kappa shape index (κ2) is 8.53. The van der Waals surface area contributed by atoms with Gasteiger partial charge in [-0.15, -0.1) is 0 Å². The molecule has 2 aromatic rings. The lowest BCUT2D eigenvalue weighted by atomic mass is 10.2. The lowest BCUT2D eigenvalue weighted by Gasteiger charge is -2.19. The summed E-state index contributed by atoms with van der Waals surface area (Å²) in [6, 6.07) is 11.8. The summed E-state index contributed by atoms with van der Waals surface area (Å²) >= 11 is 1.39. The van der Waals surface area contributed by atoms with Gasteiger partial charge in [0.15, 0.2) is 0 Å². The third kappa shape index (κ3) is 4.96. The van der Waals surface area contributed by atoms with Crippen molar-refractivity contribution in [3.8, 4) is 0 Å². The minimum absolute atomic E-state index is 0.0567. The van der Waals surface area contributed by atoms with Crippen LogP contribution >= 0.6 is 11.8 Å². The number of para-hydroxylation sites is 1. The number of carbonyl (C=O) groups is 2. The Hall–Kier alpha value is -2.08. The number of amides is 2. The molecule has 0 fully saturated rings. The number of likely N-dealkylation sites (N-methyl/N-ethyl adjacent to an activating group) is 2. The zero-order valence-corrected chi connectivity index (χ0v) is 14.2. The molecule has 122 valence electrons. The maximum absolute atomic E-state index is 12.2. The molecule has 0 radical (unpaired) electrons. The highest BCUT2D eigenvalue weighted by Crippen LogP contribution is 2.20. The number of pyridine rings is 1. The van der Waals surface area contributed by atoms with Crippen molar-refractivity contribution < 1.29 is 9.59 Å². The molecule has 0 spiro atoms. The van der Waals surface area contributed by atoms with Crippen molar-refractivity contribution in [2.75, 3.05) is 25.4 Å². The Kier molecular flexibility index (Phi) is 6.40. The van der Waals surface area contributed by atoms with Crippen LogP contribution in [0.1, 0.15) is 13.8 Å². The van der Waals surface area contributed by atoms with Gasteiger partial charge in [-0.05, 0) is 26.0 Å². The van der Waals surface area contributed by atoms with E-state index < -0.39 is 0 Å². The fourth-order valence-electron chi connectivity index (χ4n) is 2.16. The van der Waals surface area contributed by atoms with E-state index in [1.165, 1.54) is 11.8 Å². The van der Waals surface area contributed by atoms with Gasteiger partial charge in [0.25, 0.3) is 0 Å². The maximum Gasteiger partial charge on any atom is 0.239 e. The molecule has 0 aliphatic heterocycles. The zero-order chi connectivity index (χ0) is 16.7. The zero-order valence-electron chi connectivity index (χ0n) is 13.4. The number of benzene rings is 1. The number of carbonyl (C=O) groups excluding carboxylic acids is 2. The minimum Gasteiger partial charge on any atom is -0.355 e. The van der Waals surface area contributed by atoms with E-state index in [0.717, 1.165) is 15.9 Å². The van der Waals surface area contributed by atoms with E-state index in [4.69, 9.17) is 0 Å². The van der Waals surface area contributed by atoms with Gasteiger partial charge in [0.1, 0.15) is 0 Å². The van der Waals surface area contributed by atoms with Gasteiger partial charge in [-0.2, -0.15) is 0 Å². The van der Waals surface area contributed by atoms with Gasteiger partial charge in [0, 0.05) is 18.5 Å². The summed E-state index contributed by atoms with van der Waals surface area (Å²) in [4.78, 5) is 30.0. The van der Waals surface area contributed by atoms with E-state index >= 15 is 0 Å². The van der Waals surface area contributed by atoms with Crippen LogP contribution in [0.2, 0.25) is 0 Å². The predicted octanol–water partition coefficient (Wildman–Crippen LogP) is 2.31. The number of nitrogens with one attached hydrogen (secondary N) is 1. The SMILES string of the molecule is CCNC(=O)CN(CC)C(=O)CSc1ccc2ccccc2n1. The average molecular weight is 331 g/mol. The van der Waals surface area contributed by atoms with Crippen LogP contribution in [0.3, 0.4) is 0 Å². The molecule has 0 saturated heterocycles. The van der Waals surface area contributed by atoms with Crippen molar-refractivity contribution in [3.05, 3.63) is 36.4 Å². The second-order valence-electron chi connectivity index (χ2n) is 4.99.